The summed E-state index contributed by atoms with van der Waals surface area (Å²) in [6, 6.07) is 2.83. The van der Waals surface area contributed by atoms with Gasteiger partial charge in [0, 0.05) is 19.1 Å². The SMILES string of the molecule is CNCC1CCCN1S(=O)(=O)c1cc(C)c(F)c(C)c1. The summed E-state index contributed by atoms with van der Waals surface area (Å²) in [6.45, 7) is 4.36. The van der Waals surface area contributed by atoms with Gasteiger partial charge in [0.1, 0.15) is 5.82 Å². The number of hydrogen-bond donors (Lipinski definition) is 1. The third kappa shape index (κ3) is 2.73. The molecule has 1 fully saturated rings. The first-order chi connectivity index (χ1) is 9.37. The minimum absolute atomic E-state index is 0.0179. The Morgan fingerprint density at radius 2 is 1.95 bits per heavy atom. The predicted octanol–water partition coefficient (Wildman–Crippen LogP) is 1.82. The highest BCUT2D eigenvalue weighted by atomic mass is 32.2. The Kier molecular flexibility index (Phi) is 4.46. The summed E-state index contributed by atoms with van der Waals surface area (Å²) in [4.78, 5) is 0.192. The van der Waals surface area contributed by atoms with E-state index in [0.29, 0.717) is 24.2 Å². The van der Waals surface area contributed by atoms with Crippen LogP contribution in [-0.2, 0) is 10.0 Å². The summed E-state index contributed by atoms with van der Waals surface area (Å²) in [6.07, 6.45) is 1.73. The van der Waals surface area contributed by atoms with E-state index in [1.54, 1.807) is 13.8 Å². The summed E-state index contributed by atoms with van der Waals surface area (Å²) in [5.74, 6) is -0.336. The first-order valence-electron chi connectivity index (χ1n) is 6.81. The molecule has 1 aliphatic heterocycles. The Labute approximate surface area is 120 Å². The Morgan fingerprint density at radius 1 is 1.35 bits per heavy atom. The van der Waals surface area contributed by atoms with Gasteiger partial charge in [-0.3, -0.25) is 0 Å². The van der Waals surface area contributed by atoms with Crippen LogP contribution in [-0.4, -0.2) is 38.9 Å². The van der Waals surface area contributed by atoms with Crippen LogP contribution in [0.2, 0.25) is 0 Å². The number of nitrogens with zero attached hydrogens (tertiary/aromatic N) is 1. The molecule has 112 valence electrons. The van der Waals surface area contributed by atoms with Crippen LogP contribution in [0.5, 0.6) is 0 Å². The van der Waals surface area contributed by atoms with Crippen molar-refractivity contribution in [3.63, 3.8) is 0 Å². The van der Waals surface area contributed by atoms with Gasteiger partial charge in [-0.25, -0.2) is 12.8 Å². The van der Waals surface area contributed by atoms with Crippen molar-refractivity contribution in [1.82, 2.24) is 9.62 Å². The molecule has 1 unspecified atom stereocenters. The zero-order valence-electron chi connectivity index (χ0n) is 12.1. The van der Waals surface area contributed by atoms with Gasteiger partial charge in [0.2, 0.25) is 10.0 Å². The van der Waals surface area contributed by atoms with Gasteiger partial charge in [0.15, 0.2) is 0 Å². The molecule has 0 bridgehead atoms. The zero-order valence-corrected chi connectivity index (χ0v) is 12.9. The number of halogens is 1. The molecule has 1 heterocycles. The first kappa shape index (κ1) is 15.4. The van der Waals surface area contributed by atoms with Crippen molar-refractivity contribution in [2.75, 3.05) is 20.1 Å². The summed E-state index contributed by atoms with van der Waals surface area (Å²) in [5, 5.41) is 3.03. The molecule has 1 N–H and O–H groups in total. The number of nitrogens with one attached hydrogen (secondary N) is 1. The number of sulfonamides is 1. The fourth-order valence-corrected chi connectivity index (χ4v) is 4.62. The van der Waals surface area contributed by atoms with E-state index < -0.39 is 10.0 Å². The quantitative estimate of drug-likeness (QED) is 0.922. The van der Waals surface area contributed by atoms with Crippen molar-refractivity contribution in [1.29, 1.82) is 0 Å². The maximum absolute atomic E-state index is 13.7. The summed E-state index contributed by atoms with van der Waals surface area (Å²) in [7, 11) is -1.73. The number of likely N-dealkylation sites (N-methyl/N-ethyl adjacent to an activating group) is 1. The fourth-order valence-electron chi connectivity index (χ4n) is 2.76. The van der Waals surface area contributed by atoms with Gasteiger partial charge in [0.05, 0.1) is 4.90 Å². The molecule has 2 rings (SSSR count). The van der Waals surface area contributed by atoms with E-state index in [2.05, 4.69) is 5.32 Å². The molecule has 0 aromatic heterocycles. The van der Waals surface area contributed by atoms with Crippen molar-refractivity contribution in [3.8, 4) is 0 Å². The third-order valence-corrected chi connectivity index (χ3v) is 5.71. The summed E-state index contributed by atoms with van der Waals surface area (Å²) < 4.78 is 40.6. The van der Waals surface area contributed by atoms with E-state index in [1.807, 2.05) is 7.05 Å². The lowest BCUT2D eigenvalue weighted by Crippen LogP contribution is -2.40. The molecule has 20 heavy (non-hydrogen) atoms. The van der Waals surface area contributed by atoms with Gasteiger partial charge < -0.3 is 5.32 Å². The fraction of sp³-hybridized carbons (Fsp3) is 0.571. The Morgan fingerprint density at radius 3 is 2.50 bits per heavy atom. The molecule has 1 atom stereocenters. The van der Waals surface area contributed by atoms with Crippen molar-refractivity contribution in [2.45, 2.75) is 37.6 Å². The Hall–Kier alpha value is -0.980. The second-order valence-electron chi connectivity index (χ2n) is 5.34. The Bertz CT molecular complexity index is 578. The normalized spacial score (nSPS) is 20.5. The molecule has 1 aliphatic rings. The molecular formula is C14H21FN2O2S. The molecule has 1 saturated heterocycles. The molecule has 4 nitrogen and oxygen atoms in total. The molecule has 1 aromatic carbocycles. The van der Waals surface area contributed by atoms with Gasteiger partial charge in [-0.2, -0.15) is 4.31 Å². The lowest BCUT2D eigenvalue weighted by Gasteiger charge is -2.24. The van der Waals surface area contributed by atoms with Crippen molar-refractivity contribution in [3.05, 3.63) is 29.1 Å². The lowest BCUT2D eigenvalue weighted by atomic mass is 10.1. The van der Waals surface area contributed by atoms with Crippen LogP contribution in [0.15, 0.2) is 17.0 Å². The van der Waals surface area contributed by atoms with Crippen LogP contribution in [0.3, 0.4) is 0 Å². The Balaban J connectivity index is 2.40. The largest absolute Gasteiger partial charge is 0.318 e. The van der Waals surface area contributed by atoms with Crippen LogP contribution in [0.4, 0.5) is 4.39 Å². The third-order valence-electron chi connectivity index (χ3n) is 3.78. The highest BCUT2D eigenvalue weighted by molar-refractivity contribution is 7.89. The number of benzene rings is 1. The second-order valence-corrected chi connectivity index (χ2v) is 7.23. The van der Waals surface area contributed by atoms with Crippen LogP contribution >= 0.6 is 0 Å². The highest BCUT2D eigenvalue weighted by Gasteiger charge is 2.35. The summed E-state index contributed by atoms with van der Waals surface area (Å²) >= 11 is 0. The number of hydrogen-bond acceptors (Lipinski definition) is 3. The van der Waals surface area contributed by atoms with E-state index in [1.165, 1.54) is 16.4 Å². The van der Waals surface area contributed by atoms with Gasteiger partial charge in [-0.05, 0) is 57.0 Å². The average molecular weight is 300 g/mol. The molecule has 1 aromatic rings. The first-order valence-corrected chi connectivity index (χ1v) is 8.25. The van der Waals surface area contributed by atoms with Gasteiger partial charge in [0.25, 0.3) is 0 Å². The smallest absolute Gasteiger partial charge is 0.243 e. The van der Waals surface area contributed by atoms with Gasteiger partial charge >= 0.3 is 0 Å². The standard InChI is InChI=1S/C14H21FN2O2S/c1-10-7-13(8-11(2)14(10)15)20(18,19)17-6-4-5-12(17)9-16-3/h7-8,12,16H,4-6,9H2,1-3H3. The van der Waals surface area contributed by atoms with Crippen LogP contribution in [0.25, 0.3) is 0 Å². The minimum Gasteiger partial charge on any atom is -0.318 e. The average Bonchev–Trinajstić information content (AvgIpc) is 2.84. The monoisotopic (exact) mass is 300 g/mol. The van der Waals surface area contributed by atoms with E-state index in [-0.39, 0.29) is 16.8 Å². The topological polar surface area (TPSA) is 49.4 Å². The molecule has 0 aliphatic carbocycles. The molecule has 0 spiro atoms. The molecule has 0 radical (unpaired) electrons. The van der Waals surface area contributed by atoms with Crippen LogP contribution < -0.4 is 5.32 Å². The van der Waals surface area contributed by atoms with E-state index in [9.17, 15) is 12.8 Å². The second kappa shape index (κ2) is 5.79. The predicted molar refractivity (Wildman–Crippen MR) is 76.7 cm³/mol. The zero-order chi connectivity index (χ0) is 14.9. The highest BCUT2D eigenvalue weighted by Crippen LogP contribution is 2.27. The van der Waals surface area contributed by atoms with Crippen LogP contribution in [0, 0.1) is 19.7 Å². The van der Waals surface area contributed by atoms with Gasteiger partial charge in [-0.15, -0.1) is 0 Å². The van der Waals surface area contributed by atoms with Gasteiger partial charge in [-0.1, -0.05) is 0 Å². The van der Waals surface area contributed by atoms with E-state index >= 15 is 0 Å². The number of rotatable bonds is 4. The van der Waals surface area contributed by atoms with E-state index in [4.69, 9.17) is 0 Å². The maximum atomic E-state index is 13.7. The van der Waals surface area contributed by atoms with Crippen molar-refractivity contribution < 1.29 is 12.8 Å². The van der Waals surface area contributed by atoms with Crippen LogP contribution in [0.1, 0.15) is 24.0 Å². The molecular weight excluding hydrogens is 279 g/mol. The molecule has 0 saturated carbocycles. The lowest BCUT2D eigenvalue weighted by molar-refractivity contribution is 0.379. The van der Waals surface area contributed by atoms with Crippen molar-refractivity contribution in [2.24, 2.45) is 0 Å². The maximum Gasteiger partial charge on any atom is 0.243 e. The van der Waals surface area contributed by atoms with Crippen molar-refractivity contribution >= 4 is 10.0 Å². The molecule has 6 heteroatoms. The minimum atomic E-state index is -3.55. The number of aryl methyl sites for hydroxylation is 2. The summed E-state index contributed by atoms with van der Waals surface area (Å²) in [5.41, 5.74) is 0.737. The van der Waals surface area contributed by atoms with E-state index in [0.717, 1.165) is 12.8 Å². The molecule has 0 amide bonds.